The van der Waals surface area contributed by atoms with Crippen molar-refractivity contribution in [1.29, 1.82) is 0 Å². The van der Waals surface area contributed by atoms with Crippen LogP contribution in [0.1, 0.15) is 89.5 Å². The van der Waals surface area contributed by atoms with Crippen molar-refractivity contribution in [1.82, 2.24) is 52.5 Å². The van der Waals surface area contributed by atoms with Crippen LogP contribution in [0.2, 0.25) is 0 Å². The summed E-state index contributed by atoms with van der Waals surface area (Å²) in [6.45, 7) is 6.75. The summed E-state index contributed by atoms with van der Waals surface area (Å²) in [7, 11) is 0. The van der Waals surface area contributed by atoms with E-state index >= 15 is 0 Å². The van der Waals surface area contributed by atoms with Crippen molar-refractivity contribution >= 4 is 76.9 Å². The maximum Gasteiger partial charge on any atom is 0.490 e. The Hall–Kier alpha value is -8.52. The van der Waals surface area contributed by atoms with Gasteiger partial charge in [-0.3, -0.25) is 43.2 Å². The first-order valence-corrected chi connectivity index (χ1v) is 29.0. The first kappa shape index (κ1) is 74.6. The van der Waals surface area contributed by atoms with Gasteiger partial charge in [0, 0.05) is 24.7 Å². The molecule has 0 radical (unpaired) electrons. The number of aromatic nitrogens is 2. The molecule has 1 heterocycles. The molecule has 19 N–H and O–H groups in total. The fourth-order valence-corrected chi connectivity index (χ4v) is 8.57. The molecule has 0 aliphatic rings. The number of thioether (sulfide) groups is 1. The lowest BCUT2D eigenvalue weighted by Crippen LogP contribution is -2.60. The lowest BCUT2D eigenvalue weighted by atomic mass is 9.96. The Bertz CT molecular complexity index is 2750. The third-order valence-electron chi connectivity index (χ3n) is 13.0. The summed E-state index contributed by atoms with van der Waals surface area (Å²) in [6, 6.07) is 1.40. The molecule has 2 aromatic carbocycles. The summed E-state index contributed by atoms with van der Waals surface area (Å²) in [6.07, 6.45) is -0.221. The maximum atomic E-state index is 14.3. The van der Waals surface area contributed by atoms with Gasteiger partial charge in [-0.05, 0) is 104 Å². The van der Waals surface area contributed by atoms with E-state index in [1.165, 1.54) is 48.6 Å². The second-order valence-corrected chi connectivity index (χ2v) is 21.6. The van der Waals surface area contributed by atoms with Gasteiger partial charge in [-0.1, -0.05) is 58.4 Å². The van der Waals surface area contributed by atoms with E-state index in [-0.39, 0.29) is 62.5 Å². The van der Waals surface area contributed by atoms with Crippen molar-refractivity contribution in [2.24, 2.45) is 29.0 Å². The molecule has 3 aromatic rings. The monoisotopic (exact) mass is 1250 g/mol. The van der Waals surface area contributed by atoms with Gasteiger partial charge in [0.25, 0.3) is 0 Å². The minimum Gasteiger partial charge on any atom is -0.508 e. The summed E-state index contributed by atoms with van der Waals surface area (Å²) in [4.78, 5) is 150. The molecular weight excluding hydrogens is 1170 g/mol. The average Bonchev–Trinajstić information content (AvgIpc) is 3.86. The number of benzene rings is 2. The van der Waals surface area contributed by atoms with Crippen LogP contribution in [0.5, 0.6) is 11.5 Å². The van der Waals surface area contributed by atoms with Gasteiger partial charge in [0.1, 0.15) is 53.8 Å². The minimum absolute atomic E-state index is 0.00671. The van der Waals surface area contributed by atoms with E-state index in [1.54, 1.807) is 51.3 Å². The van der Waals surface area contributed by atoms with Gasteiger partial charge in [0.2, 0.25) is 53.2 Å². The Morgan fingerprint density at radius 2 is 1.15 bits per heavy atom. The normalized spacial score (nSPS) is 14.2. The molecule has 0 aliphatic heterocycles. The van der Waals surface area contributed by atoms with E-state index in [1.807, 2.05) is 6.92 Å². The predicted molar refractivity (Wildman–Crippen MR) is 310 cm³/mol. The molecule has 0 saturated heterocycles. The van der Waals surface area contributed by atoms with Crippen LogP contribution in [0.25, 0.3) is 0 Å². The molecule has 87 heavy (non-hydrogen) atoms. The van der Waals surface area contributed by atoms with Crippen LogP contribution >= 0.6 is 11.8 Å². The Morgan fingerprint density at radius 1 is 0.644 bits per heavy atom. The number of imidazole rings is 1. The van der Waals surface area contributed by atoms with E-state index in [4.69, 9.17) is 27.1 Å². The zero-order chi connectivity index (χ0) is 65.6. The summed E-state index contributed by atoms with van der Waals surface area (Å²) in [5, 5.41) is 57.0. The summed E-state index contributed by atoms with van der Waals surface area (Å²) in [5.74, 6) is -12.0. The molecule has 1 aromatic heterocycles. The number of amides is 9. The number of hydrogen-bond donors (Lipinski definition) is 16. The largest absolute Gasteiger partial charge is 0.508 e. The fraction of sp³-hybridized carbons (Fsp3) is 0.527. The average molecular weight is 1250 g/mol. The molecule has 9 amide bonds. The van der Waals surface area contributed by atoms with Crippen molar-refractivity contribution in [2.75, 3.05) is 25.1 Å². The summed E-state index contributed by atoms with van der Waals surface area (Å²) < 4.78 is 31.7. The second kappa shape index (κ2) is 37.8. The molecule has 482 valence electrons. The number of nitrogens with two attached hydrogens (primary N) is 3. The second-order valence-electron chi connectivity index (χ2n) is 20.7. The molecule has 0 unspecified atom stereocenters. The molecule has 0 spiro atoms. The molecule has 32 heteroatoms. The zero-order valence-electron chi connectivity index (χ0n) is 48.7. The van der Waals surface area contributed by atoms with Crippen LogP contribution in [0.15, 0.2) is 61.1 Å². The number of H-pyrrole nitrogens is 1. The molecular formula is C55H80F3N13O15S. The van der Waals surface area contributed by atoms with Crippen molar-refractivity contribution in [3.63, 3.8) is 0 Å². The first-order chi connectivity index (χ1) is 40.9. The number of aliphatic carboxylic acids is 2. The van der Waals surface area contributed by atoms with Gasteiger partial charge in [0.05, 0.1) is 25.3 Å². The van der Waals surface area contributed by atoms with E-state index in [9.17, 15) is 76.4 Å². The Labute approximate surface area is 504 Å². The van der Waals surface area contributed by atoms with Crippen LogP contribution in [-0.4, -0.2) is 175 Å². The highest BCUT2D eigenvalue weighted by Gasteiger charge is 2.39. The third kappa shape index (κ3) is 28.5. The van der Waals surface area contributed by atoms with E-state index in [0.29, 0.717) is 41.8 Å². The van der Waals surface area contributed by atoms with Crippen LogP contribution in [0, 0.1) is 11.8 Å². The molecule has 0 saturated carbocycles. The molecule has 9 atom stereocenters. The maximum absolute atomic E-state index is 14.3. The van der Waals surface area contributed by atoms with Gasteiger partial charge in [-0.2, -0.15) is 24.9 Å². The highest BCUT2D eigenvalue weighted by Crippen LogP contribution is 2.17. The van der Waals surface area contributed by atoms with Gasteiger partial charge < -0.3 is 85.1 Å². The summed E-state index contributed by atoms with van der Waals surface area (Å²) in [5.41, 5.74) is 18.7. The number of aromatic hydroxyl groups is 2. The minimum atomic E-state index is -5.08. The summed E-state index contributed by atoms with van der Waals surface area (Å²) >= 11 is 1.34. The lowest BCUT2D eigenvalue weighted by molar-refractivity contribution is -0.192. The van der Waals surface area contributed by atoms with Crippen LogP contribution in [0.3, 0.4) is 0 Å². The number of phenolic OH excluding ortho intramolecular Hbond substituents is 2. The van der Waals surface area contributed by atoms with Crippen molar-refractivity contribution in [3.8, 4) is 11.5 Å². The van der Waals surface area contributed by atoms with E-state index < -0.39 is 138 Å². The van der Waals surface area contributed by atoms with Gasteiger partial charge in [-0.25, -0.2) is 14.6 Å². The number of carbonyl (C=O) groups is 11. The number of phenols is 2. The number of unbranched alkanes of at least 4 members (excludes halogenated alkanes) is 1. The standard InChI is InChI=1S/C53H79N13O13S.C2HF3O2/c1-6-30(4)45(66-46(71)36(55)22-31-10-14-34(67)15-11-31)52(77)65-40(23-32-12-16-35(68)17-13-32)49(74)62-39(21-29(2)3)47(72)58-27-44(70)60-37(18-20-80-5)48(73)63-41(24-33-26-57-28-59-33)50(75)64-42(25-43(56)69)51(76)61-38(53(78)79)9-7-8-19-54;3-2(4,5)1(6)7/h10-17,26,28-30,36-42,45,67-68H,6-9,18-25,27,54-55H2,1-5H3,(H2,56,69)(H,57,59)(H,58,72)(H,60,70)(H,61,76)(H,62,74)(H,63,73)(H,64,75)(H,65,77)(H,66,71)(H,78,79);(H,6,7)/t30-,36-,37-,38-,39-,40-,41-,42-,45-;/m0./s1. The molecule has 3 rings (SSSR count). The number of hydrogen-bond acceptors (Lipinski definition) is 17. The lowest BCUT2D eigenvalue weighted by Gasteiger charge is -2.28. The third-order valence-corrected chi connectivity index (χ3v) is 13.7. The number of carboxylic acid groups (broad SMARTS) is 2. The zero-order valence-corrected chi connectivity index (χ0v) is 49.6. The predicted octanol–water partition coefficient (Wildman–Crippen LogP) is -0.747. The first-order valence-electron chi connectivity index (χ1n) is 27.6. The number of nitrogens with one attached hydrogen (secondary N) is 9. The van der Waals surface area contributed by atoms with Gasteiger partial charge in [0.15, 0.2) is 0 Å². The fourth-order valence-electron chi connectivity index (χ4n) is 8.10. The quantitative estimate of drug-likeness (QED) is 0.0319. The van der Waals surface area contributed by atoms with Crippen LogP contribution < -0.4 is 59.7 Å². The van der Waals surface area contributed by atoms with Crippen molar-refractivity contribution in [2.45, 2.75) is 146 Å². The molecule has 0 bridgehead atoms. The molecule has 0 fully saturated rings. The number of alkyl halides is 3. The Balaban J connectivity index is 0.00000346. The van der Waals surface area contributed by atoms with Crippen molar-refractivity contribution < 1.29 is 86.3 Å². The smallest absolute Gasteiger partial charge is 0.490 e. The number of aromatic amines is 1. The SMILES string of the molecule is CC[C@H](C)[C@H](NC(=O)[C@@H](N)Cc1ccc(O)cc1)C(=O)N[C@@H](Cc1ccc(O)cc1)C(=O)N[C@@H](CC(C)C)C(=O)NCC(=O)N[C@@H](CCSC)C(=O)N[C@@H](Cc1cnc[nH]1)C(=O)N[C@@H](CC(N)=O)C(=O)N[C@@H](CCCCN)C(=O)O.O=C(O)C(F)(F)F. The van der Waals surface area contributed by atoms with Gasteiger partial charge >= 0.3 is 18.1 Å². The Morgan fingerprint density at radius 3 is 1.64 bits per heavy atom. The number of nitrogens with zero attached hydrogens (tertiary/aromatic N) is 1. The van der Waals surface area contributed by atoms with E-state index in [0.717, 1.165) is 0 Å². The highest BCUT2D eigenvalue weighted by molar-refractivity contribution is 7.98. The number of primary amides is 1. The van der Waals surface area contributed by atoms with Crippen LogP contribution in [0.4, 0.5) is 13.2 Å². The molecule has 28 nitrogen and oxygen atoms in total. The molecule has 0 aliphatic carbocycles. The number of carboxylic acids is 2. The highest BCUT2D eigenvalue weighted by atomic mass is 32.2. The topological polar surface area (TPSA) is 472 Å². The van der Waals surface area contributed by atoms with Crippen LogP contribution in [-0.2, 0) is 72.0 Å². The van der Waals surface area contributed by atoms with Gasteiger partial charge in [-0.15, -0.1) is 0 Å². The van der Waals surface area contributed by atoms with E-state index in [2.05, 4.69) is 52.5 Å². The number of halogens is 3. The number of rotatable bonds is 36. The Kier molecular flexibility index (Phi) is 32.4. The number of carbonyl (C=O) groups excluding carboxylic acids is 9. The van der Waals surface area contributed by atoms with Crippen molar-refractivity contribution in [3.05, 3.63) is 77.9 Å².